The fourth-order valence-corrected chi connectivity index (χ4v) is 3.02. The van der Waals surface area contributed by atoms with E-state index >= 15 is 0 Å². The van der Waals surface area contributed by atoms with Crippen molar-refractivity contribution in [1.29, 1.82) is 5.26 Å². The minimum absolute atomic E-state index is 0.264. The lowest BCUT2D eigenvalue weighted by atomic mass is 10.0. The molecular weight excluding hydrogens is 296 g/mol. The minimum Gasteiger partial charge on any atom is -0.371 e. The Hall–Kier alpha value is -1.48. The predicted octanol–water partition coefficient (Wildman–Crippen LogP) is 3.55. The zero-order valence-corrected chi connectivity index (χ0v) is 12.7. The van der Waals surface area contributed by atoms with Crippen LogP contribution in [0.25, 0.3) is 10.2 Å². The van der Waals surface area contributed by atoms with Crippen LogP contribution < -0.4 is 0 Å². The van der Waals surface area contributed by atoms with Crippen molar-refractivity contribution in [3.63, 3.8) is 0 Å². The molecule has 0 spiro atoms. The quantitative estimate of drug-likeness (QED) is 0.847. The Morgan fingerprint density at radius 2 is 2.35 bits per heavy atom. The summed E-state index contributed by atoms with van der Waals surface area (Å²) in [5, 5.41) is 10.3. The summed E-state index contributed by atoms with van der Waals surface area (Å²) in [5.74, 6) is -1.16. The van der Waals surface area contributed by atoms with Crippen LogP contribution in [0.1, 0.15) is 24.8 Å². The third-order valence-corrected chi connectivity index (χ3v) is 4.18. The maximum Gasteiger partial charge on any atom is 0.185 e. The molecule has 4 nitrogen and oxygen atoms in total. The number of hydrogen-bond donors (Lipinski definition) is 0. The number of carbonyl (C=O) groups is 1. The van der Waals surface area contributed by atoms with Crippen molar-refractivity contribution in [3.8, 4) is 6.07 Å². The van der Waals surface area contributed by atoms with Crippen molar-refractivity contribution < 1.29 is 9.53 Å². The summed E-state index contributed by atoms with van der Waals surface area (Å²) >= 11 is 7.24. The second kappa shape index (κ2) is 6.31. The van der Waals surface area contributed by atoms with Crippen molar-refractivity contribution in [2.75, 3.05) is 6.61 Å². The number of Topliss-reactive ketones (excluding diaryl/α,β-unsaturated/α-hetero) is 1. The Kier molecular flexibility index (Phi) is 4.71. The third-order valence-electron chi connectivity index (χ3n) is 2.84. The van der Waals surface area contributed by atoms with Crippen LogP contribution in [0.3, 0.4) is 0 Å². The van der Waals surface area contributed by atoms with Gasteiger partial charge in [-0.3, -0.25) is 4.79 Å². The molecule has 2 atom stereocenters. The molecule has 2 rings (SSSR count). The lowest BCUT2D eigenvalue weighted by Gasteiger charge is -2.12. The van der Waals surface area contributed by atoms with E-state index in [1.807, 2.05) is 19.1 Å². The van der Waals surface area contributed by atoms with Gasteiger partial charge >= 0.3 is 0 Å². The smallest absolute Gasteiger partial charge is 0.185 e. The van der Waals surface area contributed by atoms with Gasteiger partial charge in [0.05, 0.1) is 16.3 Å². The van der Waals surface area contributed by atoms with Crippen LogP contribution in [-0.4, -0.2) is 23.5 Å². The van der Waals surface area contributed by atoms with Gasteiger partial charge in [0.1, 0.15) is 11.1 Å². The summed E-state index contributed by atoms with van der Waals surface area (Å²) in [7, 11) is 0. The normalized spacial score (nSPS) is 13.9. The van der Waals surface area contributed by atoms with Gasteiger partial charge in [-0.05, 0) is 32.0 Å². The van der Waals surface area contributed by atoms with E-state index in [1.54, 1.807) is 19.1 Å². The highest BCUT2D eigenvalue weighted by atomic mass is 35.5. The number of nitrogens with zero attached hydrogens (tertiary/aromatic N) is 2. The van der Waals surface area contributed by atoms with E-state index < -0.39 is 12.0 Å². The maximum absolute atomic E-state index is 12.2. The Morgan fingerprint density at radius 1 is 1.60 bits per heavy atom. The van der Waals surface area contributed by atoms with Crippen LogP contribution in [0.4, 0.5) is 0 Å². The first-order chi connectivity index (χ1) is 9.56. The molecule has 104 valence electrons. The number of ketones is 1. The highest BCUT2D eigenvalue weighted by molar-refractivity contribution is 7.18. The van der Waals surface area contributed by atoms with Gasteiger partial charge in [0.25, 0.3) is 0 Å². The zero-order chi connectivity index (χ0) is 14.7. The SMILES string of the molecule is CCOC(C)C(=O)C(C#N)c1nc2cc(Cl)ccc2s1. The Labute approximate surface area is 125 Å². The van der Waals surface area contributed by atoms with E-state index in [9.17, 15) is 10.1 Å². The maximum atomic E-state index is 12.2. The largest absolute Gasteiger partial charge is 0.371 e. The fraction of sp³-hybridized carbons (Fsp3) is 0.357. The molecule has 0 N–H and O–H groups in total. The Bertz CT molecular complexity index is 677. The summed E-state index contributed by atoms with van der Waals surface area (Å²) < 4.78 is 6.16. The molecule has 0 fully saturated rings. The number of benzene rings is 1. The average molecular weight is 309 g/mol. The standard InChI is InChI=1S/C14H13ClN2O2S/c1-3-19-8(2)13(18)10(7-16)14-17-11-6-9(15)4-5-12(11)20-14/h4-6,8,10H,3H2,1-2H3. The van der Waals surface area contributed by atoms with Crippen LogP contribution >= 0.6 is 22.9 Å². The molecule has 20 heavy (non-hydrogen) atoms. The number of ether oxygens (including phenoxy) is 1. The molecule has 0 bridgehead atoms. The molecule has 0 aliphatic carbocycles. The molecule has 0 aliphatic heterocycles. The fourth-order valence-electron chi connectivity index (χ4n) is 1.85. The van der Waals surface area contributed by atoms with Crippen molar-refractivity contribution in [2.24, 2.45) is 0 Å². The van der Waals surface area contributed by atoms with Gasteiger partial charge in [-0.15, -0.1) is 11.3 Å². The molecule has 1 aromatic heterocycles. The molecule has 2 unspecified atom stereocenters. The summed E-state index contributed by atoms with van der Waals surface area (Å²) in [6.45, 7) is 3.89. The molecule has 0 aliphatic rings. The van der Waals surface area contributed by atoms with Crippen LogP contribution in [0, 0.1) is 11.3 Å². The highest BCUT2D eigenvalue weighted by Gasteiger charge is 2.28. The summed E-state index contributed by atoms with van der Waals surface area (Å²) in [6.07, 6.45) is -0.611. The van der Waals surface area contributed by atoms with Crippen LogP contribution in [0.5, 0.6) is 0 Å². The number of fused-ring (bicyclic) bond motifs is 1. The molecule has 1 aromatic carbocycles. The highest BCUT2D eigenvalue weighted by Crippen LogP contribution is 2.30. The van der Waals surface area contributed by atoms with E-state index in [1.165, 1.54) is 11.3 Å². The van der Waals surface area contributed by atoms with Crippen molar-refractivity contribution in [2.45, 2.75) is 25.9 Å². The summed E-state index contributed by atoms with van der Waals surface area (Å²) in [6, 6.07) is 7.34. The van der Waals surface area contributed by atoms with Crippen LogP contribution in [0.2, 0.25) is 5.02 Å². The number of aromatic nitrogens is 1. The predicted molar refractivity (Wildman–Crippen MR) is 79.1 cm³/mol. The summed E-state index contributed by atoms with van der Waals surface area (Å²) in [4.78, 5) is 16.5. The van der Waals surface area contributed by atoms with Gasteiger partial charge in [-0.1, -0.05) is 11.6 Å². The Balaban J connectivity index is 2.35. The third kappa shape index (κ3) is 2.98. The lowest BCUT2D eigenvalue weighted by Crippen LogP contribution is -2.26. The van der Waals surface area contributed by atoms with Gasteiger partial charge in [0.2, 0.25) is 0 Å². The van der Waals surface area contributed by atoms with Gasteiger partial charge in [0, 0.05) is 11.6 Å². The average Bonchev–Trinajstić information content (AvgIpc) is 2.82. The number of carbonyl (C=O) groups excluding carboxylic acids is 1. The van der Waals surface area contributed by atoms with E-state index in [4.69, 9.17) is 16.3 Å². The molecule has 0 saturated carbocycles. The first kappa shape index (κ1) is 14.9. The molecule has 6 heteroatoms. The molecular formula is C14H13ClN2O2S. The van der Waals surface area contributed by atoms with E-state index in [2.05, 4.69) is 4.98 Å². The molecule has 0 saturated heterocycles. The van der Waals surface area contributed by atoms with E-state index in [0.717, 1.165) is 4.70 Å². The number of thiazole rings is 1. The first-order valence-electron chi connectivity index (χ1n) is 6.17. The van der Waals surface area contributed by atoms with Crippen molar-refractivity contribution in [1.82, 2.24) is 4.98 Å². The Morgan fingerprint density at radius 3 is 3.00 bits per heavy atom. The van der Waals surface area contributed by atoms with Crippen LogP contribution in [-0.2, 0) is 9.53 Å². The van der Waals surface area contributed by atoms with Gasteiger partial charge in [-0.2, -0.15) is 5.26 Å². The summed E-state index contributed by atoms with van der Waals surface area (Å²) in [5.41, 5.74) is 0.703. The molecule has 0 amide bonds. The minimum atomic E-state index is -0.896. The van der Waals surface area contributed by atoms with Gasteiger partial charge in [-0.25, -0.2) is 4.98 Å². The number of hydrogen-bond acceptors (Lipinski definition) is 5. The van der Waals surface area contributed by atoms with Gasteiger partial charge < -0.3 is 4.74 Å². The first-order valence-corrected chi connectivity index (χ1v) is 7.37. The second-order valence-corrected chi connectivity index (χ2v) is 5.72. The van der Waals surface area contributed by atoms with Gasteiger partial charge in [0.15, 0.2) is 11.7 Å². The number of nitriles is 1. The number of halogens is 1. The van der Waals surface area contributed by atoms with E-state index in [-0.39, 0.29) is 5.78 Å². The topological polar surface area (TPSA) is 63.0 Å². The monoisotopic (exact) mass is 308 g/mol. The van der Waals surface area contributed by atoms with Crippen molar-refractivity contribution >= 4 is 38.9 Å². The van der Waals surface area contributed by atoms with Crippen LogP contribution in [0.15, 0.2) is 18.2 Å². The van der Waals surface area contributed by atoms with E-state index in [0.29, 0.717) is 22.2 Å². The molecule has 0 radical (unpaired) electrons. The lowest BCUT2D eigenvalue weighted by molar-refractivity contribution is -0.129. The molecule has 1 heterocycles. The number of rotatable bonds is 5. The molecule has 2 aromatic rings. The second-order valence-electron chi connectivity index (χ2n) is 4.23. The zero-order valence-electron chi connectivity index (χ0n) is 11.1. The van der Waals surface area contributed by atoms with Crippen molar-refractivity contribution in [3.05, 3.63) is 28.2 Å².